The van der Waals surface area contributed by atoms with Crippen LogP contribution in [0.3, 0.4) is 0 Å². The minimum absolute atomic E-state index is 0.00309. The first-order valence-corrected chi connectivity index (χ1v) is 6.78. The van der Waals surface area contributed by atoms with Crippen LogP contribution in [-0.4, -0.2) is 33.3 Å². The van der Waals surface area contributed by atoms with Crippen molar-refractivity contribution in [2.24, 2.45) is 0 Å². The van der Waals surface area contributed by atoms with Gasteiger partial charge in [0.1, 0.15) is 0 Å². The van der Waals surface area contributed by atoms with Gasteiger partial charge in [0.15, 0.2) is 5.82 Å². The van der Waals surface area contributed by atoms with E-state index in [1.54, 1.807) is 17.1 Å². The molecule has 2 aromatic rings. The van der Waals surface area contributed by atoms with Crippen LogP contribution in [0, 0.1) is 0 Å². The zero-order valence-electron chi connectivity index (χ0n) is 11.1. The van der Waals surface area contributed by atoms with Crippen LogP contribution in [0.15, 0.2) is 36.8 Å². The van der Waals surface area contributed by atoms with Crippen molar-refractivity contribution in [2.45, 2.75) is 25.4 Å². The smallest absolute Gasteiger partial charge is 0.242 e. The van der Waals surface area contributed by atoms with E-state index in [0.29, 0.717) is 12.4 Å². The molecule has 1 unspecified atom stereocenters. The fourth-order valence-corrected chi connectivity index (χ4v) is 2.31. The van der Waals surface area contributed by atoms with Crippen LogP contribution in [0.25, 0.3) is 0 Å². The quantitative estimate of drug-likeness (QED) is 0.871. The Morgan fingerprint density at radius 3 is 3.00 bits per heavy atom. The lowest BCUT2D eigenvalue weighted by Gasteiger charge is -2.08. The van der Waals surface area contributed by atoms with Gasteiger partial charge in [-0.05, 0) is 37.1 Å². The third-order valence-corrected chi connectivity index (χ3v) is 3.36. The molecule has 6 nitrogen and oxygen atoms in total. The van der Waals surface area contributed by atoms with E-state index in [0.717, 1.165) is 24.9 Å². The molecule has 104 valence electrons. The fourth-order valence-electron chi connectivity index (χ4n) is 2.31. The highest BCUT2D eigenvalue weighted by Crippen LogP contribution is 2.10. The zero-order chi connectivity index (χ0) is 13.8. The molecule has 0 aromatic carbocycles. The van der Waals surface area contributed by atoms with Gasteiger partial charge in [0.25, 0.3) is 0 Å². The lowest BCUT2D eigenvalue weighted by atomic mass is 10.2. The number of rotatable bonds is 4. The van der Waals surface area contributed by atoms with E-state index in [1.807, 2.05) is 24.4 Å². The Balaban J connectivity index is 1.60. The van der Waals surface area contributed by atoms with E-state index in [1.165, 1.54) is 0 Å². The van der Waals surface area contributed by atoms with Gasteiger partial charge >= 0.3 is 0 Å². The zero-order valence-corrected chi connectivity index (χ0v) is 11.1. The molecule has 0 bridgehead atoms. The van der Waals surface area contributed by atoms with Crippen LogP contribution in [0.1, 0.15) is 18.4 Å². The molecule has 0 saturated carbocycles. The van der Waals surface area contributed by atoms with E-state index < -0.39 is 0 Å². The lowest BCUT2D eigenvalue weighted by molar-refractivity contribution is -0.117. The molecule has 1 aliphatic heterocycles. The summed E-state index contributed by atoms with van der Waals surface area (Å²) in [7, 11) is 0. The fraction of sp³-hybridized carbons (Fsp3) is 0.357. The third-order valence-electron chi connectivity index (χ3n) is 3.36. The molecule has 6 heteroatoms. The predicted octanol–water partition coefficient (Wildman–Crippen LogP) is 1.02. The van der Waals surface area contributed by atoms with Gasteiger partial charge in [0.2, 0.25) is 5.91 Å². The molecule has 3 rings (SSSR count). The highest BCUT2D eigenvalue weighted by molar-refractivity contribution is 5.94. The minimum Gasteiger partial charge on any atom is -0.308 e. The number of carbonyl (C=O) groups excluding carboxylic acids is 1. The monoisotopic (exact) mass is 271 g/mol. The number of nitrogens with zero attached hydrogens (tertiary/aromatic N) is 3. The van der Waals surface area contributed by atoms with Crippen molar-refractivity contribution in [3.63, 3.8) is 0 Å². The third kappa shape index (κ3) is 3.03. The lowest BCUT2D eigenvalue weighted by Crippen LogP contribution is -2.35. The summed E-state index contributed by atoms with van der Waals surface area (Å²) in [5.74, 6) is 0.592. The summed E-state index contributed by atoms with van der Waals surface area (Å²) >= 11 is 0. The SMILES string of the molecule is O=C(Nc1ccn(Cc2ccncc2)n1)C1CCCN1. The van der Waals surface area contributed by atoms with Crippen LogP contribution in [0.4, 0.5) is 5.82 Å². The molecule has 0 aliphatic carbocycles. The van der Waals surface area contributed by atoms with Crippen molar-refractivity contribution in [1.29, 1.82) is 0 Å². The average molecular weight is 271 g/mol. The summed E-state index contributed by atoms with van der Waals surface area (Å²) in [4.78, 5) is 15.9. The molecule has 1 amide bonds. The summed E-state index contributed by atoms with van der Waals surface area (Å²) < 4.78 is 1.80. The van der Waals surface area contributed by atoms with E-state index >= 15 is 0 Å². The maximum Gasteiger partial charge on any atom is 0.242 e. The van der Waals surface area contributed by atoms with Gasteiger partial charge in [-0.25, -0.2) is 0 Å². The molecule has 1 aliphatic rings. The molecular weight excluding hydrogens is 254 g/mol. The molecule has 0 radical (unpaired) electrons. The van der Waals surface area contributed by atoms with Crippen LogP contribution >= 0.6 is 0 Å². The number of nitrogens with one attached hydrogen (secondary N) is 2. The van der Waals surface area contributed by atoms with Crippen LogP contribution < -0.4 is 10.6 Å². The Morgan fingerprint density at radius 2 is 2.25 bits per heavy atom. The number of amides is 1. The van der Waals surface area contributed by atoms with E-state index in [9.17, 15) is 4.79 Å². The minimum atomic E-state index is -0.0830. The van der Waals surface area contributed by atoms with Gasteiger partial charge in [0.05, 0.1) is 12.6 Å². The number of aromatic nitrogens is 3. The first-order valence-electron chi connectivity index (χ1n) is 6.78. The molecule has 1 fully saturated rings. The largest absolute Gasteiger partial charge is 0.308 e. The van der Waals surface area contributed by atoms with Gasteiger partial charge in [0, 0.05) is 24.7 Å². The Labute approximate surface area is 117 Å². The first-order chi connectivity index (χ1) is 9.81. The standard InChI is InChI=1S/C14H17N5O/c20-14(12-2-1-6-16-12)17-13-5-9-19(18-13)10-11-3-7-15-8-4-11/h3-5,7-9,12,16H,1-2,6,10H2,(H,17,18,20). The van der Waals surface area contributed by atoms with Crippen molar-refractivity contribution in [2.75, 3.05) is 11.9 Å². The van der Waals surface area contributed by atoms with E-state index in [4.69, 9.17) is 0 Å². The second-order valence-corrected chi connectivity index (χ2v) is 4.89. The van der Waals surface area contributed by atoms with Gasteiger partial charge in [-0.1, -0.05) is 0 Å². The normalized spacial score (nSPS) is 18.1. The van der Waals surface area contributed by atoms with Gasteiger partial charge in [-0.3, -0.25) is 14.5 Å². The average Bonchev–Trinajstić information content (AvgIpc) is 3.11. The van der Waals surface area contributed by atoms with Crippen molar-refractivity contribution >= 4 is 11.7 Å². The highest BCUT2D eigenvalue weighted by Gasteiger charge is 2.22. The Bertz CT molecular complexity index is 574. The van der Waals surface area contributed by atoms with Crippen LogP contribution in [-0.2, 0) is 11.3 Å². The Hall–Kier alpha value is -2.21. The first kappa shape index (κ1) is 12.8. The van der Waals surface area contributed by atoms with E-state index in [2.05, 4.69) is 20.7 Å². The second-order valence-electron chi connectivity index (χ2n) is 4.89. The summed E-state index contributed by atoms with van der Waals surface area (Å²) in [6, 6.07) is 5.62. The molecule has 3 heterocycles. The maximum atomic E-state index is 12.0. The van der Waals surface area contributed by atoms with Crippen molar-refractivity contribution < 1.29 is 4.79 Å². The topological polar surface area (TPSA) is 71.8 Å². The summed E-state index contributed by atoms with van der Waals surface area (Å²) in [6.07, 6.45) is 7.32. The van der Waals surface area contributed by atoms with Crippen molar-refractivity contribution in [1.82, 2.24) is 20.1 Å². The molecule has 1 atom stereocenters. The number of carbonyl (C=O) groups is 1. The summed E-state index contributed by atoms with van der Waals surface area (Å²) in [5.41, 5.74) is 1.12. The Morgan fingerprint density at radius 1 is 1.40 bits per heavy atom. The Kier molecular flexibility index (Phi) is 3.73. The van der Waals surface area contributed by atoms with Gasteiger partial charge in [-0.2, -0.15) is 5.10 Å². The van der Waals surface area contributed by atoms with Crippen LogP contribution in [0.5, 0.6) is 0 Å². The molecule has 1 saturated heterocycles. The predicted molar refractivity (Wildman–Crippen MR) is 75.2 cm³/mol. The summed E-state index contributed by atoms with van der Waals surface area (Å²) in [6.45, 7) is 1.58. The van der Waals surface area contributed by atoms with Gasteiger partial charge in [-0.15, -0.1) is 0 Å². The molecule has 2 aromatic heterocycles. The highest BCUT2D eigenvalue weighted by atomic mass is 16.2. The van der Waals surface area contributed by atoms with E-state index in [-0.39, 0.29) is 11.9 Å². The molecule has 0 spiro atoms. The molecule has 20 heavy (non-hydrogen) atoms. The van der Waals surface area contributed by atoms with Crippen LogP contribution in [0.2, 0.25) is 0 Å². The van der Waals surface area contributed by atoms with Crippen molar-refractivity contribution in [3.8, 4) is 0 Å². The van der Waals surface area contributed by atoms with Crippen molar-refractivity contribution in [3.05, 3.63) is 42.4 Å². The second kappa shape index (κ2) is 5.83. The summed E-state index contributed by atoms with van der Waals surface area (Å²) in [5, 5.41) is 10.4. The number of pyridine rings is 1. The number of hydrogen-bond acceptors (Lipinski definition) is 4. The number of anilines is 1. The van der Waals surface area contributed by atoms with Gasteiger partial charge < -0.3 is 10.6 Å². The molecule has 2 N–H and O–H groups in total. The molecular formula is C14H17N5O. The maximum absolute atomic E-state index is 12.0. The number of hydrogen-bond donors (Lipinski definition) is 2.